The van der Waals surface area contributed by atoms with Crippen molar-refractivity contribution < 1.29 is 13.2 Å². The lowest BCUT2D eigenvalue weighted by molar-refractivity contribution is -0.110. The maximum Gasteiger partial charge on any atom is 0.207 e. The molecule has 0 radical (unpaired) electrons. The standard InChI is InChI=1S/C12H16N2O3S/c15-9-14-12-8-18(16,17)7-11(12)13-6-10-4-2-1-3-5-10/h1-5,9,11-13H,6-8H2,(H,14,15)/t11-,12+/m1/s1. The van der Waals surface area contributed by atoms with E-state index in [0.717, 1.165) is 5.56 Å². The normalized spacial score (nSPS) is 25.8. The van der Waals surface area contributed by atoms with Crippen LogP contribution < -0.4 is 10.6 Å². The molecule has 1 fully saturated rings. The molecule has 1 saturated heterocycles. The Balaban J connectivity index is 1.97. The van der Waals surface area contributed by atoms with Crippen molar-refractivity contribution in [1.82, 2.24) is 10.6 Å². The van der Waals surface area contributed by atoms with E-state index in [0.29, 0.717) is 13.0 Å². The highest BCUT2D eigenvalue weighted by Crippen LogP contribution is 2.13. The van der Waals surface area contributed by atoms with Crippen molar-refractivity contribution >= 4 is 16.2 Å². The van der Waals surface area contributed by atoms with Crippen molar-refractivity contribution in [2.45, 2.75) is 18.6 Å². The summed E-state index contributed by atoms with van der Waals surface area (Å²) in [6, 6.07) is 9.18. The molecule has 2 N–H and O–H groups in total. The number of carbonyl (C=O) groups is 1. The van der Waals surface area contributed by atoms with Gasteiger partial charge in [0.15, 0.2) is 9.84 Å². The van der Waals surface area contributed by atoms with Crippen LogP contribution in [0.3, 0.4) is 0 Å². The molecule has 6 heteroatoms. The van der Waals surface area contributed by atoms with Crippen LogP contribution in [0.1, 0.15) is 5.56 Å². The summed E-state index contributed by atoms with van der Waals surface area (Å²) in [5.74, 6) is 0.0868. The molecule has 0 unspecified atom stereocenters. The predicted molar refractivity (Wildman–Crippen MR) is 68.7 cm³/mol. The van der Waals surface area contributed by atoms with E-state index in [-0.39, 0.29) is 23.6 Å². The molecule has 2 rings (SSSR count). The number of benzene rings is 1. The summed E-state index contributed by atoms with van der Waals surface area (Å²) in [7, 11) is -3.06. The summed E-state index contributed by atoms with van der Waals surface area (Å²) in [6.07, 6.45) is 0.558. The number of hydrogen-bond acceptors (Lipinski definition) is 4. The molecule has 1 amide bonds. The highest BCUT2D eigenvalue weighted by molar-refractivity contribution is 7.91. The highest BCUT2D eigenvalue weighted by atomic mass is 32.2. The molecule has 1 aliphatic heterocycles. The molecule has 0 saturated carbocycles. The molecular formula is C12H16N2O3S. The monoisotopic (exact) mass is 268 g/mol. The van der Waals surface area contributed by atoms with Gasteiger partial charge in [0, 0.05) is 12.6 Å². The fourth-order valence-corrected chi connectivity index (χ4v) is 4.05. The van der Waals surface area contributed by atoms with Gasteiger partial charge in [-0.2, -0.15) is 0 Å². The van der Waals surface area contributed by atoms with Gasteiger partial charge in [-0.3, -0.25) is 4.79 Å². The van der Waals surface area contributed by atoms with Gasteiger partial charge in [-0.25, -0.2) is 8.42 Å². The Kier molecular flexibility index (Phi) is 3.98. The topological polar surface area (TPSA) is 75.3 Å². The molecule has 18 heavy (non-hydrogen) atoms. The van der Waals surface area contributed by atoms with Crippen molar-refractivity contribution in [3.8, 4) is 0 Å². The summed E-state index contributed by atoms with van der Waals surface area (Å²) in [6.45, 7) is 0.595. The lowest BCUT2D eigenvalue weighted by Gasteiger charge is -2.18. The second-order valence-corrected chi connectivity index (χ2v) is 6.59. The lowest BCUT2D eigenvalue weighted by Crippen LogP contribution is -2.46. The zero-order valence-corrected chi connectivity index (χ0v) is 10.7. The molecule has 98 valence electrons. The van der Waals surface area contributed by atoms with E-state index in [9.17, 15) is 13.2 Å². The Labute approximate surface area is 107 Å². The van der Waals surface area contributed by atoms with Gasteiger partial charge in [0.05, 0.1) is 17.5 Å². The number of carbonyl (C=O) groups excluding carboxylic acids is 1. The first kappa shape index (κ1) is 13.0. The second kappa shape index (κ2) is 5.49. The van der Waals surface area contributed by atoms with Gasteiger partial charge in [0.25, 0.3) is 0 Å². The van der Waals surface area contributed by atoms with Gasteiger partial charge in [0.1, 0.15) is 0 Å². The minimum Gasteiger partial charge on any atom is -0.353 e. The van der Waals surface area contributed by atoms with E-state index >= 15 is 0 Å². The van der Waals surface area contributed by atoms with E-state index in [2.05, 4.69) is 10.6 Å². The molecular weight excluding hydrogens is 252 g/mol. The third-order valence-electron chi connectivity index (χ3n) is 3.05. The van der Waals surface area contributed by atoms with Gasteiger partial charge in [-0.15, -0.1) is 0 Å². The third-order valence-corrected chi connectivity index (χ3v) is 4.78. The second-order valence-electron chi connectivity index (χ2n) is 4.44. The van der Waals surface area contributed by atoms with E-state index in [4.69, 9.17) is 0 Å². The number of amides is 1. The summed E-state index contributed by atoms with van der Waals surface area (Å²) < 4.78 is 23.1. The third kappa shape index (κ3) is 3.30. The Bertz CT molecular complexity index is 501. The largest absolute Gasteiger partial charge is 0.353 e. The fraction of sp³-hybridized carbons (Fsp3) is 0.417. The Hall–Kier alpha value is -1.40. The van der Waals surface area contributed by atoms with E-state index in [1.807, 2.05) is 30.3 Å². The smallest absolute Gasteiger partial charge is 0.207 e. The number of hydrogen-bond donors (Lipinski definition) is 2. The first-order chi connectivity index (χ1) is 8.61. The summed E-state index contributed by atoms with van der Waals surface area (Å²) >= 11 is 0. The maximum absolute atomic E-state index is 11.5. The quantitative estimate of drug-likeness (QED) is 0.718. The van der Waals surface area contributed by atoms with Gasteiger partial charge in [0.2, 0.25) is 6.41 Å². The van der Waals surface area contributed by atoms with Crippen LogP contribution in [0.15, 0.2) is 30.3 Å². The van der Waals surface area contributed by atoms with E-state index in [1.54, 1.807) is 0 Å². The summed E-state index contributed by atoms with van der Waals surface area (Å²) in [4.78, 5) is 10.5. The molecule has 1 aliphatic rings. The number of nitrogens with one attached hydrogen (secondary N) is 2. The van der Waals surface area contributed by atoms with Crippen molar-refractivity contribution in [3.05, 3.63) is 35.9 Å². The van der Waals surface area contributed by atoms with Crippen LogP contribution in [0.25, 0.3) is 0 Å². The Morgan fingerprint density at radius 2 is 1.83 bits per heavy atom. The molecule has 5 nitrogen and oxygen atoms in total. The number of rotatable bonds is 5. The van der Waals surface area contributed by atoms with Gasteiger partial charge in [-0.05, 0) is 5.56 Å². The lowest BCUT2D eigenvalue weighted by atomic mass is 10.1. The average Bonchev–Trinajstić information content (AvgIpc) is 2.63. The molecule has 0 aliphatic carbocycles. The van der Waals surface area contributed by atoms with E-state index < -0.39 is 9.84 Å². The van der Waals surface area contributed by atoms with Gasteiger partial charge in [-0.1, -0.05) is 30.3 Å². The van der Waals surface area contributed by atoms with Crippen LogP contribution in [0, 0.1) is 0 Å². The predicted octanol–water partition coefficient (Wildman–Crippen LogP) is -0.312. The Morgan fingerprint density at radius 1 is 1.17 bits per heavy atom. The summed E-state index contributed by atoms with van der Waals surface area (Å²) in [5, 5.41) is 5.75. The average molecular weight is 268 g/mol. The SMILES string of the molecule is O=CN[C@H]1CS(=O)(=O)C[C@H]1NCc1ccccc1. The van der Waals surface area contributed by atoms with Crippen LogP contribution >= 0.6 is 0 Å². The zero-order chi connectivity index (χ0) is 13.0. The fourth-order valence-electron chi connectivity index (χ4n) is 2.15. The van der Waals surface area contributed by atoms with Crippen LogP contribution in [0.5, 0.6) is 0 Å². The molecule has 0 bridgehead atoms. The molecule has 0 spiro atoms. The van der Waals surface area contributed by atoms with Crippen molar-refractivity contribution in [1.29, 1.82) is 0 Å². The van der Waals surface area contributed by atoms with Crippen molar-refractivity contribution in [3.63, 3.8) is 0 Å². The van der Waals surface area contributed by atoms with Crippen LogP contribution in [0.4, 0.5) is 0 Å². The minimum absolute atomic E-state index is 0.0121. The van der Waals surface area contributed by atoms with Crippen LogP contribution in [0.2, 0.25) is 0 Å². The molecule has 0 aromatic heterocycles. The highest BCUT2D eigenvalue weighted by Gasteiger charge is 2.36. The molecule has 1 aromatic carbocycles. The zero-order valence-electron chi connectivity index (χ0n) is 9.87. The molecule has 1 heterocycles. The maximum atomic E-state index is 11.5. The first-order valence-electron chi connectivity index (χ1n) is 5.78. The summed E-state index contributed by atoms with van der Waals surface area (Å²) in [5.41, 5.74) is 1.09. The van der Waals surface area contributed by atoms with Crippen molar-refractivity contribution in [2.24, 2.45) is 0 Å². The van der Waals surface area contributed by atoms with Crippen LogP contribution in [-0.2, 0) is 21.2 Å². The molecule has 1 aromatic rings. The van der Waals surface area contributed by atoms with Gasteiger partial charge < -0.3 is 10.6 Å². The Morgan fingerprint density at radius 3 is 2.50 bits per heavy atom. The van der Waals surface area contributed by atoms with Crippen LogP contribution in [-0.4, -0.2) is 38.4 Å². The molecule has 2 atom stereocenters. The first-order valence-corrected chi connectivity index (χ1v) is 7.60. The minimum atomic E-state index is -3.06. The van der Waals surface area contributed by atoms with Crippen molar-refractivity contribution in [2.75, 3.05) is 11.5 Å². The van der Waals surface area contributed by atoms with E-state index in [1.165, 1.54) is 0 Å². The number of sulfone groups is 1. The van der Waals surface area contributed by atoms with Gasteiger partial charge >= 0.3 is 0 Å².